The minimum atomic E-state index is -1.49. The fourth-order valence-electron chi connectivity index (χ4n) is 15.0. The molecule has 4 aromatic rings. The van der Waals surface area contributed by atoms with Gasteiger partial charge in [0, 0.05) is 14.1 Å². The lowest BCUT2D eigenvalue weighted by molar-refractivity contribution is 0.548. The Labute approximate surface area is 505 Å². The van der Waals surface area contributed by atoms with Crippen LogP contribution in [0.5, 0.6) is 0 Å². The molecule has 7 heteroatoms. The Morgan fingerprint density at radius 2 is 0.550 bits per heavy atom. The zero-order valence-electron chi connectivity index (χ0n) is 54.7. The molecule has 0 spiro atoms. The molecule has 450 valence electrons. The minimum Gasteiger partial charge on any atom is -0.285 e. The van der Waals surface area contributed by atoms with Crippen molar-refractivity contribution in [3.8, 4) is 0 Å². The van der Waals surface area contributed by atoms with Crippen LogP contribution in [0.2, 0.25) is 72.5 Å². The molecular weight excluding hydrogens is 1070 g/mol. The van der Waals surface area contributed by atoms with Crippen molar-refractivity contribution in [3.05, 3.63) is 97.1 Å². The van der Waals surface area contributed by atoms with E-state index in [2.05, 4.69) is 185 Å². The molecule has 0 radical (unpaired) electrons. The monoisotopic (exact) mass is 1190 g/mol. The highest BCUT2D eigenvalue weighted by molar-refractivity contribution is 7.71. The number of rotatable bonds is 40. The van der Waals surface area contributed by atoms with Gasteiger partial charge in [-0.3, -0.25) is 5.09 Å². The standard InChI is InChI=1S/C43H76NPSi2.C30H51PSi2/c1-7-13-33-46(34-14-8-2,35-15-9-3)42-29-25-40(26-30-42)45(44-39-23-21-19-20-22-24-39)41-27-31-43(32-28-41)47(36-16-10-4,37-17-11-5)38-18-12-6;1-7-21-32(22-8-2,23-9-3)29-17-13-27(14-18-29)31-28-15-19-30(20-16-28)33(24-10-4,25-11-5)26-12-6/h25-32,39,44H,7-24,33-38H2,1-6H3;13-20,31H,7-12,21-26H2,1-6H3. The fourth-order valence-corrected chi connectivity index (χ4v) is 40.0. The van der Waals surface area contributed by atoms with Crippen molar-refractivity contribution in [2.24, 2.45) is 0 Å². The summed E-state index contributed by atoms with van der Waals surface area (Å²) in [5.41, 5.74) is 0. The van der Waals surface area contributed by atoms with E-state index < -0.39 is 40.4 Å². The van der Waals surface area contributed by atoms with E-state index in [1.54, 1.807) is 31.4 Å². The lowest BCUT2D eigenvalue weighted by atomic mass is 10.1. The third kappa shape index (κ3) is 21.8. The lowest BCUT2D eigenvalue weighted by Gasteiger charge is -2.34. The summed E-state index contributed by atoms with van der Waals surface area (Å²) in [6, 6.07) is 59.1. The first-order chi connectivity index (χ1) is 39.0. The van der Waals surface area contributed by atoms with Gasteiger partial charge in [-0.15, -0.1) is 0 Å². The summed E-state index contributed by atoms with van der Waals surface area (Å²) in [7, 11) is -5.44. The SMILES string of the molecule is CCCC[Si](CCCC)(CCCC)c1ccc(P(NC2CCCCCC2)c2ccc([Si](CCCC)(CCCC)CCCC)cc2)cc1.CCC[Si](CCC)(CCC)c1ccc(Pc2ccc([Si](CCC)(CCC)CCC)cc2)cc1. The molecule has 1 fully saturated rings. The van der Waals surface area contributed by atoms with E-state index in [1.807, 2.05) is 0 Å². The van der Waals surface area contributed by atoms with Gasteiger partial charge in [-0.25, -0.2) is 0 Å². The molecule has 0 saturated heterocycles. The van der Waals surface area contributed by atoms with Crippen LogP contribution in [0.3, 0.4) is 0 Å². The van der Waals surface area contributed by atoms with Gasteiger partial charge < -0.3 is 0 Å². The molecule has 1 saturated carbocycles. The van der Waals surface area contributed by atoms with Crippen molar-refractivity contribution in [1.29, 1.82) is 0 Å². The maximum absolute atomic E-state index is 4.34. The summed E-state index contributed by atoms with van der Waals surface area (Å²) in [5, 5.41) is 17.4. The summed E-state index contributed by atoms with van der Waals surface area (Å²) in [5.74, 6) is 0. The topological polar surface area (TPSA) is 12.0 Å². The van der Waals surface area contributed by atoms with Gasteiger partial charge in [-0.05, 0) is 34.1 Å². The molecule has 0 aliphatic heterocycles. The van der Waals surface area contributed by atoms with E-state index in [0.717, 1.165) is 8.58 Å². The highest BCUT2D eigenvalue weighted by Gasteiger charge is 2.37. The van der Waals surface area contributed by atoms with Crippen molar-refractivity contribution in [3.63, 3.8) is 0 Å². The van der Waals surface area contributed by atoms with Crippen LogP contribution in [0, 0.1) is 0 Å². The second-order valence-corrected chi connectivity index (χ2v) is 47.7. The van der Waals surface area contributed by atoms with E-state index in [4.69, 9.17) is 0 Å². The van der Waals surface area contributed by atoms with Crippen molar-refractivity contribution in [2.45, 2.75) is 316 Å². The largest absolute Gasteiger partial charge is 0.285 e. The van der Waals surface area contributed by atoms with Crippen LogP contribution in [-0.4, -0.2) is 38.3 Å². The van der Waals surface area contributed by atoms with Crippen LogP contribution in [0.4, 0.5) is 0 Å². The van der Waals surface area contributed by atoms with Gasteiger partial charge in [0.1, 0.15) is 0 Å². The Morgan fingerprint density at radius 3 is 0.787 bits per heavy atom. The van der Waals surface area contributed by atoms with Gasteiger partial charge in [0.15, 0.2) is 0 Å². The summed E-state index contributed by atoms with van der Waals surface area (Å²) >= 11 is 0. The highest BCUT2D eigenvalue weighted by Crippen LogP contribution is 2.36. The molecule has 80 heavy (non-hydrogen) atoms. The Kier molecular flexibility index (Phi) is 35.6. The van der Waals surface area contributed by atoms with Crippen LogP contribution < -0.4 is 47.1 Å². The molecule has 1 aliphatic carbocycles. The van der Waals surface area contributed by atoms with Gasteiger partial charge in [-0.1, -0.05) is 423 Å². The van der Waals surface area contributed by atoms with Gasteiger partial charge >= 0.3 is 0 Å². The summed E-state index contributed by atoms with van der Waals surface area (Å²) in [6.45, 7) is 28.6. The summed E-state index contributed by atoms with van der Waals surface area (Å²) in [4.78, 5) is 0. The molecule has 0 unspecified atom stereocenters. The molecule has 1 aliphatic rings. The first kappa shape index (κ1) is 71.1. The Hall–Kier alpha value is -1.43. The van der Waals surface area contributed by atoms with E-state index >= 15 is 0 Å². The highest BCUT2D eigenvalue weighted by atomic mass is 31.1. The quantitative estimate of drug-likeness (QED) is 0.0266. The van der Waals surface area contributed by atoms with E-state index in [-0.39, 0.29) is 0 Å². The van der Waals surface area contributed by atoms with Crippen molar-refractivity contribution in [2.75, 3.05) is 0 Å². The third-order valence-electron chi connectivity index (χ3n) is 19.4. The van der Waals surface area contributed by atoms with Crippen molar-refractivity contribution in [1.82, 2.24) is 5.09 Å². The Balaban J connectivity index is 0.000000367. The maximum Gasteiger partial charge on any atom is 0.0867 e. The third-order valence-corrected chi connectivity index (χ3v) is 45.7. The van der Waals surface area contributed by atoms with Gasteiger partial charge in [0.25, 0.3) is 0 Å². The van der Waals surface area contributed by atoms with E-state index in [9.17, 15) is 0 Å². The molecule has 1 N–H and O–H groups in total. The molecule has 4 aromatic carbocycles. The number of nitrogens with one attached hydrogen (secondary N) is 1. The molecule has 0 amide bonds. The van der Waals surface area contributed by atoms with Crippen LogP contribution in [-0.2, 0) is 0 Å². The maximum atomic E-state index is 4.34. The molecule has 1 nitrogen and oxygen atoms in total. The molecule has 0 atom stereocenters. The lowest BCUT2D eigenvalue weighted by Crippen LogP contribution is -2.48. The van der Waals surface area contributed by atoms with Crippen molar-refractivity contribution >= 4 is 90.9 Å². The fraction of sp³-hybridized carbons (Fsp3) is 0.671. The Bertz CT molecular complexity index is 1930. The first-order valence-electron chi connectivity index (χ1n) is 34.8. The van der Waals surface area contributed by atoms with Crippen LogP contribution >= 0.6 is 16.7 Å². The molecule has 0 heterocycles. The zero-order valence-corrected chi connectivity index (χ0v) is 60.6. The smallest absolute Gasteiger partial charge is 0.0867 e. The van der Waals surface area contributed by atoms with E-state index in [0.29, 0.717) is 6.04 Å². The number of hydrogen-bond acceptors (Lipinski definition) is 1. The van der Waals surface area contributed by atoms with Crippen LogP contribution in [0.15, 0.2) is 97.1 Å². The number of unbranched alkanes of at least 4 members (excludes halogenated alkanes) is 6. The summed E-state index contributed by atoms with van der Waals surface area (Å²) < 4.78 is 0. The van der Waals surface area contributed by atoms with Crippen LogP contribution in [0.1, 0.15) is 237 Å². The Morgan fingerprint density at radius 1 is 0.312 bits per heavy atom. The minimum absolute atomic E-state index is 0.567. The normalized spacial score (nSPS) is 13.9. The zero-order chi connectivity index (χ0) is 58.0. The number of benzene rings is 4. The average molecular weight is 1190 g/mol. The molecule has 5 rings (SSSR count). The molecule has 0 aromatic heterocycles. The van der Waals surface area contributed by atoms with Crippen molar-refractivity contribution < 1.29 is 0 Å². The van der Waals surface area contributed by atoms with E-state index in [1.165, 1.54) is 237 Å². The van der Waals surface area contributed by atoms with Gasteiger partial charge in [0.2, 0.25) is 0 Å². The number of hydrogen-bond donors (Lipinski definition) is 1. The van der Waals surface area contributed by atoms with Gasteiger partial charge in [-0.2, -0.15) is 0 Å². The summed E-state index contributed by atoms with van der Waals surface area (Å²) in [6.07, 6.45) is 32.7. The van der Waals surface area contributed by atoms with Gasteiger partial charge in [0.05, 0.1) is 32.3 Å². The van der Waals surface area contributed by atoms with Crippen LogP contribution in [0.25, 0.3) is 0 Å². The molecule has 0 bridgehead atoms. The predicted molar refractivity (Wildman–Crippen MR) is 385 cm³/mol. The molecular formula is C73H127NP2Si4. The second-order valence-electron chi connectivity index (χ2n) is 25.8. The first-order valence-corrected chi connectivity index (χ1v) is 47.6. The second kappa shape index (κ2) is 40.0. The predicted octanol–water partition coefficient (Wildman–Crippen LogP) is 20.5. The average Bonchev–Trinajstić information content (AvgIpc) is 3.79.